The number of hydrogen-bond acceptors (Lipinski definition) is 2. The predicted molar refractivity (Wildman–Crippen MR) is 206 cm³/mol. The zero-order valence-electron chi connectivity index (χ0n) is 27.4. The van der Waals surface area contributed by atoms with Crippen molar-refractivity contribution in [1.82, 2.24) is 0 Å². The molecule has 1 aromatic heterocycles. The smallest absolute Gasteiger partial charge is 0.143 e. The van der Waals surface area contributed by atoms with Gasteiger partial charge in [-0.05, 0) is 98.1 Å². The van der Waals surface area contributed by atoms with Crippen molar-refractivity contribution >= 4 is 60.5 Å². The van der Waals surface area contributed by atoms with E-state index in [1.54, 1.807) is 0 Å². The maximum Gasteiger partial charge on any atom is 0.143 e. The van der Waals surface area contributed by atoms with E-state index >= 15 is 0 Å². The van der Waals surface area contributed by atoms with Gasteiger partial charge >= 0.3 is 0 Å². The highest BCUT2D eigenvalue weighted by Gasteiger charge is 2.35. The first-order valence-corrected chi connectivity index (χ1v) is 17.0. The Morgan fingerprint density at radius 2 is 1.06 bits per heavy atom. The zero-order chi connectivity index (χ0) is 32.7. The van der Waals surface area contributed by atoms with Gasteiger partial charge in [0.15, 0.2) is 0 Å². The lowest BCUT2D eigenvalue weighted by Crippen LogP contribution is -2.16. The fourth-order valence-electron chi connectivity index (χ4n) is 8.18. The number of fused-ring (bicyclic) bond motifs is 9. The van der Waals surface area contributed by atoms with Gasteiger partial charge in [-0.2, -0.15) is 0 Å². The number of rotatable bonds is 4. The van der Waals surface area contributed by atoms with Crippen LogP contribution in [-0.2, 0) is 5.41 Å². The highest BCUT2D eigenvalue weighted by molar-refractivity contribution is 6.15. The van der Waals surface area contributed by atoms with Gasteiger partial charge in [0.25, 0.3) is 0 Å². The molecule has 0 bridgehead atoms. The van der Waals surface area contributed by atoms with E-state index in [0.717, 1.165) is 44.4 Å². The van der Waals surface area contributed by atoms with Crippen molar-refractivity contribution in [3.05, 3.63) is 175 Å². The molecule has 0 N–H and O–H groups in total. The molecule has 2 nitrogen and oxygen atoms in total. The van der Waals surface area contributed by atoms with E-state index in [0.29, 0.717) is 0 Å². The third-order valence-corrected chi connectivity index (χ3v) is 10.7. The van der Waals surface area contributed by atoms with E-state index in [-0.39, 0.29) is 5.41 Å². The summed E-state index contributed by atoms with van der Waals surface area (Å²) < 4.78 is 6.52. The van der Waals surface area contributed by atoms with Crippen LogP contribution in [-0.4, -0.2) is 0 Å². The number of nitrogens with zero attached hydrogens (tertiary/aromatic N) is 1. The molecule has 0 unspecified atom stereocenters. The van der Waals surface area contributed by atoms with Crippen LogP contribution in [0.1, 0.15) is 25.0 Å². The van der Waals surface area contributed by atoms with E-state index in [4.69, 9.17) is 4.42 Å². The van der Waals surface area contributed by atoms with Crippen LogP contribution in [0, 0.1) is 0 Å². The van der Waals surface area contributed by atoms with Gasteiger partial charge in [0.05, 0.1) is 0 Å². The van der Waals surface area contributed by atoms with Crippen LogP contribution < -0.4 is 4.90 Å². The predicted octanol–water partition coefficient (Wildman–Crippen LogP) is 13.3. The molecule has 10 rings (SSSR count). The van der Waals surface area contributed by atoms with E-state index in [2.05, 4.69) is 183 Å². The molecular formula is C47H33NO. The van der Waals surface area contributed by atoms with Crippen LogP contribution in [0.3, 0.4) is 0 Å². The van der Waals surface area contributed by atoms with Crippen molar-refractivity contribution in [1.29, 1.82) is 0 Å². The second-order valence-corrected chi connectivity index (χ2v) is 13.8. The standard InChI is InChI=1S/C47H33NO/c1-47(2)43-17-8-7-15-39(43)40-26-23-35(29-44(40)47)48(33-21-18-32(19-22-33)37-16-9-12-30-10-3-5-13-36(30)37)34-24-27-45-42(28-34)41-25-20-31-11-4-6-14-38(31)46(41)49-45/h3-29H,1-2H3. The third kappa shape index (κ3) is 4.20. The molecule has 1 heterocycles. The van der Waals surface area contributed by atoms with Gasteiger partial charge in [-0.3, -0.25) is 0 Å². The number of anilines is 3. The molecule has 0 radical (unpaired) electrons. The molecule has 0 aliphatic heterocycles. The molecule has 0 amide bonds. The average molecular weight is 628 g/mol. The van der Waals surface area contributed by atoms with Gasteiger partial charge < -0.3 is 9.32 Å². The second kappa shape index (κ2) is 10.4. The minimum atomic E-state index is -0.0996. The molecule has 1 aliphatic rings. The Morgan fingerprint density at radius 3 is 1.92 bits per heavy atom. The summed E-state index contributed by atoms with van der Waals surface area (Å²) in [4.78, 5) is 2.39. The van der Waals surface area contributed by atoms with Crippen molar-refractivity contribution < 1.29 is 4.42 Å². The van der Waals surface area contributed by atoms with Gasteiger partial charge in [-0.15, -0.1) is 0 Å². The first-order chi connectivity index (χ1) is 24.0. The van der Waals surface area contributed by atoms with Crippen molar-refractivity contribution in [3.63, 3.8) is 0 Å². The summed E-state index contributed by atoms with van der Waals surface area (Å²) in [7, 11) is 0. The lowest BCUT2D eigenvalue weighted by atomic mass is 9.82. The first kappa shape index (κ1) is 27.9. The topological polar surface area (TPSA) is 16.4 Å². The molecule has 0 spiro atoms. The summed E-state index contributed by atoms with van der Waals surface area (Å²) >= 11 is 0. The minimum absolute atomic E-state index is 0.0996. The van der Waals surface area contributed by atoms with Crippen LogP contribution in [0.5, 0.6) is 0 Å². The van der Waals surface area contributed by atoms with Crippen LogP contribution >= 0.6 is 0 Å². The quantitative estimate of drug-likeness (QED) is 0.193. The van der Waals surface area contributed by atoms with Crippen molar-refractivity contribution in [2.45, 2.75) is 19.3 Å². The fraction of sp³-hybridized carbons (Fsp3) is 0.0638. The maximum absolute atomic E-state index is 6.52. The maximum atomic E-state index is 6.52. The summed E-state index contributed by atoms with van der Waals surface area (Å²) in [6, 6.07) is 59.5. The molecule has 49 heavy (non-hydrogen) atoms. The van der Waals surface area contributed by atoms with E-state index in [1.165, 1.54) is 49.5 Å². The summed E-state index contributed by atoms with van der Waals surface area (Å²) in [5.41, 5.74) is 12.9. The van der Waals surface area contributed by atoms with Gasteiger partial charge in [-0.25, -0.2) is 0 Å². The SMILES string of the molecule is CC1(C)c2ccccc2-c2ccc(N(c3ccc(-c4cccc5ccccc45)cc3)c3ccc4oc5c6ccccc6ccc5c4c3)cc21. The molecule has 2 heteroatoms. The Kier molecular flexibility index (Phi) is 5.95. The van der Waals surface area contributed by atoms with Crippen molar-refractivity contribution in [3.8, 4) is 22.3 Å². The molecule has 9 aromatic rings. The Morgan fingerprint density at radius 1 is 0.429 bits per heavy atom. The fourth-order valence-corrected chi connectivity index (χ4v) is 8.18. The lowest BCUT2D eigenvalue weighted by molar-refractivity contribution is 0.660. The molecular weight excluding hydrogens is 595 g/mol. The lowest BCUT2D eigenvalue weighted by Gasteiger charge is -2.28. The minimum Gasteiger partial charge on any atom is -0.455 e. The number of furan rings is 1. The summed E-state index contributed by atoms with van der Waals surface area (Å²) in [6.07, 6.45) is 0. The number of hydrogen-bond donors (Lipinski definition) is 0. The monoisotopic (exact) mass is 627 g/mol. The molecule has 0 fully saturated rings. The molecule has 0 saturated heterocycles. The highest BCUT2D eigenvalue weighted by Crippen LogP contribution is 2.51. The summed E-state index contributed by atoms with van der Waals surface area (Å²) in [6.45, 7) is 4.69. The van der Waals surface area contributed by atoms with Crippen LogP contribution in [0.4, 0.5) is 17.1 Å². The Hall–Kier alpha value is -6.12. The van der Waals surface area contributed by atoms with E-state index in [9.17, 15) is 0 Å². The van der Waals surface area contributed by atoms with E-state index in [1.807, 2.05) is 0 Å². The van der Waals surface area contributed by atoms with Gasteiger partial charge in [0.1, 0.15) is 11.2 Å². The Bertz CT molecular complexity index is 2740. The Balaban J connectivity index is 1.16. The van der Waals surface area contributed by atoms with Gasteiger partial charge in [0.2, 0.25) is 0 Å². The normalized spacial score (nSPS) is 13.3. The summed E-state index contributed by atoms with van der Waals surface area (Å²) in [5, 5.41) is 7.08. The summed E-state index contributed by atoms with van der Waals surface area (Å²) in [5.74, 6) is 0. The molecule has 0 atom stereocenters. The molecule has 1 aliphatic carbocycles. The number of benzene rings is 8. The third-order valence-electron chi connectivity index (χ3n) is 10.7. The van der Waals surface area contributed by atoms with Crippen molar-refractivity contribution in [2.24, 2.45) is 0 Å². The molecule has 8 aromatic carbocycles. The van der Waals surface area contributed by atoms with E-state index < -0.39 is 0 Å². The zero-order valence-corrected chi connectivity index (χ0v) is 27.4. The first-order valence-electron chi connectivity index (χ1n) is 17.0. The molecule has 0 saturated carbocycles. The Labute approximate surface area is 285 Å². The largest absolute Gasteiger partial charge is 0.455 e. The van der Waals surface area contributed by atoms with Crippen molar-refractivity contribution in [2.75, 3.05) is 4.90 Å². The molecule has 232 valence electrons. The van der Waals surface area contributed by atoms with Gasteiger partial charge in [-0.1, -0.05) is 129 Å². The van der Waals surface area contributed by atoms with Crippen LogP contribution in [0.25, 0.3) is 65.7 Å². The second-order valence-electron chi connectivity index (χ2n) is 13.8. The average Bonchev–Trinajstić information content (AvgIpc) is 3.64. The van der Waals surface area contributed by atoms with Crippen LogP contribution in [0.15, 0.2) is 168 Å². The van der Waals surface area contributed by atoms with Crippen LogP contribution in [0.2, 0.25) is 0 Å². The highest BCUT2D eigenvalue weighted by atomic mass is 16.3. The van der Waals surface area contributed by atoms with Gasteiger partial charge in [0, 0.05) is 38.6 Å².